The van der Waals surface area contributed by atoms with Crippen molar-refractivity contribution in [3.05, 3.63) is 61.6 Å². The molecular formula is C22H19IN2O4S. The van der Waals surface area contributed by atoms with Crippen LogP contribution in [0.3, 0.4) is 0 Å². The van der Waals surface area contributed by atoms with Crippen LogP contribution in [0.2, 0.25) is 0 Å². The van der Waals surface area contributed by atoms with Gasteiger partial charge >= 0.3 is 0 Å². The number of hydrogen-bond acceptors (Lipinski definition) is 6. The SMILES string of the molecule is CCOc1cc(/C=C2/SC(=O)N(CC)C2=O)cc(I)c1OCc1ccccc1C#N. The Kier molecular flexibility index (Phi) is 7.39. The molecule has 0 atom stereocenters. The van der Waals surface area contributed by atoms with Crippen LogP contribution >= 0.6 is 34.4 Å². The molecule has 0 saturated carbocycles. The second-order valence-corrected chi connectivity index (χ2v) is 8.40. The summed E-state index contributed by atoms with van der Waals surface area (Å²) in [4.78, 5) is 25.9. The van der Waals surface area contributed by atoms with E-state index in [4.69, 9.17) is 9.47 Å². The zero-order chi connectivity index (χ0) is 21.7. The number of likely N-dealkylation sites (N-methyl/N-ethyl adjacent to an activating group) is 1. The first-order valence-electron chi connectivity index (χ1n) is 9.31. The van der Waals surface area contributed by atoms with Crippen molar-refractivity contribution >= 4 is 51.6 Å². The summed E-state index contributed by atoms with van der Waals surface area (Å²) >= 11 is 3.09. The van der Waals surface area contributed by atoms with Crippen molar-refractivity contribution in [3.63, 3.8) is 0 Å². The minimum Gasteiger partial charge on any atom is -0.490 e. The summed E-state index contributed by atoms with van der Waals surface area (Å²) in [5.74, 6) is 0.831. The summed E-state index contributed by atoms with van der Waals surface area (Å²) in [6.07, 6.45) is 1.69. The highest BCUT2D eigenvalue weighted by atomic mass is 127. The van der Waals surface area contributed by atoms with E-state index >= 15 is 0 Å². The van der Waals surface area contributed by atoms with Crippen molar-refractivity contribution in [2.24, 2.45) is 0 Å². The van der Waals surface area contributed by atoms with Crippen molar-refractivity contribution < 1.29 is 19.1 Å². The van der Waals surface area contributed by atoms with Gasteiger partial charge in [0.15, 0.2) is 11.5 Å². The minimum atomic E-state index is -0.283. The number of halogens is 1. The number of hydrogen-bond donors (Lipinski definition) is 0. The zero-order valence-electron chi connectivity index (χ0n) is 16.5. The van der Waals surface area contributed by atoms with Crippen LogP contribution in [0.5, 0.6) is 11.5 Å². The Morgan fingerprint density at radius 1 is 1.20 bits per heavy atom. The predicted molar refractivity (Wildman–Crippen MR) is 124 cm³/mol. The highest BCUT2D eigenvalue weighted by molar-refractivity contribution is 14.1. The summed E-state index contributed by atoms with van der Waals surface area (Å²) < 4.78 is 12.6. The van der Waals surface area contributed by atoms with Crippen LogP contribution < -0.4 is 9.47 Å². The van der Waals surface area contributed by atoms with Gasteiger partial charge in [-0.15, -0.1) is 0 Å². The number of amides is 2. The first-order chi connectivity index (χ1) is 14.5. The first kappa shape index (κ1) is 22.2. The molecule has 1 fully saturated rings. The number of thioether (sulfide) groups is 1. The molecule has 1 saturated heterocycles. The van der Waals surface area contributed by atoms with E-state index in [2.05, 4.69) is 28.7 Å². The molecule has 8 heteroatoms. The second kappa shape index (κ2) is 10.00. The Morgan fingerprint density at radius 3 is 2.63 bits per heavy atom. The predicted octanol–water partition coefficient (Wildman–Crippen LogP) is 5.20. The van der Waals surface area contributed by atoms with Gasteiger partial charge in [0.2, 0.25) is 0 Å². The fraction of sp³-hybridized carbons (Fsp3) is 0.227. The number of carbonyl (C=O) groups excluding carboxylic acids is 2. The van der Waals surface area contributed by atoms with E-state index in [0.717, 1.165) is 26.5 Å². The fourth-order valence-electron chi connectivity index (χ4n) is 2.90. The highest BCUT2D eigenvalue weighted by Crippen LogP contribution is 2.38. The molecule has 2 amide bonds. The molecule has 1 aliphatic heterocycles. The molecule has 6 nitrogen and oxygen atoms in total. The Balaban J connectivity index is 1.89. The molecule has 2 aromatic carbocycles. The number of carbonyl (C=O) groups is 2. The molecule has 0 bridgehead atoms. The van der Waals surface area contributed by atoms with Crippen molar-refractivity contribution in [3.8, 4) is 17.6 Å². The van der Waals surface area contributed by atoms with Crippen LogP contribution in [0, 0.1) is 14.9 Å². The van der Waals surface area contributed by atoms with Crippen LogP contribution in [0.4, 0.5) is 4.79 Å². The number of rotatable bonds is 7. The Labute approximate surface area is 193 Å². The maximum absolute atomic E-state index is 12.4. The van der Waals surface area contributed by atoms with Crippen molar-refractivity contribution in [1.82, 2.24) is 4.90 Å². The maximum atomic E-state index is 12.4. The third-order valence-electron chi connectivity index (χ3n) is 4.33. The van der Waals surface area contributed by atoms with Crippen LogP contribution in [0.1, 0.15) is 30.5 Å². The van der Waals surface area contributed by atoms with Crippen LogP contribution in [-0.4, -0.2) is 29.2 Å². The van der Waals surface area contributed by atoms with Gasteiger partial charge in [-0.2, -0.15) is 5.26 Å². The van der Waals surface area contributed by atoms with Crippen LogP contribution in [-0.2, 0) is 11.4 Å². The van der Waals surface area contributed by atoms with Crippen LogP contribution in [0.25, 0.3) is 6.08 Å². The first-order valence-corrected chi connectivity index (χ1v) is 11.2. The summed E-state index contributed by atoms with van der Waals surface area (Å²) in [6.45, 7) is 4.67. The van der Waals surface area contributed by atoms with E-state index in [1.807, 2.05) is 31.2 Å². The quantitative estimate of drug-likeness (QED) is 0.359. The third-order valence-corrected chi connectivity index (χ3v) is 6.04. The van der Waals surface area contributed by atoms with Gasteiger partial charge in [-0.3, -0.25) is 14.5 Å². The van der Waals surface area contributed by atoms with E-state index in [9.17, 15) is 14.9 Å². The number of benzene rings is 2. The molecule has 0 aromatic heterocycles. The lowest BCUT2D eigenvalue weighted by Crippen LogP contribution is -2.27. The third kappa shape index (κ3) is 4.79. The maximum Gasteiger partial charge on any atom is 0.293 e. The highest BCUT2D eigenvalue weighted by Gasteiger charge is 2.33. The Bertz CT molecular complexity index is 1060. The number of nitrogens with zero attached hydrogens (tertiary/aromatic N) is 2. The van der Waals surface area contributed by atoms with Gasteiger partial charge in [0, 0.05) is 12.1 Å². The Morgan fingerprint density at radius 2 is 1.97 bits per heavy atom. The summed E-state index contributed by atoms with van der Waals surface area (Å²) in [5.41, 5.74) is 2.10. The molecule has 0 radical (unpaired) electrons. The molecule has 154 valence electrons. The standard InChI is InChI=1S/C22H19IN2O4S/c1-3-25-21(26)19(30-22(25)27)11-14-9-17(23)20(18(10-14)28-4-2)29-13-16-8-6-5-7-15(16)12-24/h5-11H,3-4,13H2,1-2H3/b19-11+. The molecule has 0 unspecified atom stereocenters. The smallest absolute Gasteiger partial charge is 0.293 e. The number of ether oxygens (including phenoxy) is 2. The average Bonchev–Trinajstić information content (AvgIpc) is 3.00. The molecule has 0 N–H and O–H groups in total. The van der Waals surface area contributed by atoms with Gasteiger partial charge in [0.25, 0.3) is 11.1 Å². The normalized spacial score (nSPS) is 14.9. The molecule has 1 aliphatic rings. The average molecular weight is 534 g/mol. The molecule has 0 aliphatic carbocycles. The topological polar surface area (TPSA) is 79.6 Å². The van der Waals surface area contributed by atoms with Gasteiger partial charge in [-0.05, 0) is 78.0 Å². The van der Waals surface area contributed by atoms with E-state index in [0.29, 0.717) is 35.1 Å². The van der Waals surface area contributed by atoms with Gasteiger partial charge in [-0.25, -0.2) is 0 Å². The summed E-state index contributed by atoms with van der Waals surface area (Å²) in [7, 11) is 0. The monoisotopic (exact) mass is 534 g/mol. The number of imide groups is 1. The lowest BCUT2D eigenvalue weighted by Gasteiger charge is -2.15. The summed E-state index contributed by atoms with van der Waals surface area (Å²) in [6, 6.07) is 13.1. The minimum absolute atomic E-state index is 0.231. The second-order valence-electron chi connectivity index (χ2n) is 6.25. The lowest BCUT2D eigenvalue weighted by molar-refractivity contribution is -0.122. The van der Waals surface area contributed by atoms with Gasteiger partial charge in [0.05, 0.1) is 26.7 Å². The lowest BCUT2D eigenvalue weighted by atomic mass is 10.1. The Hall–Kier alpha value is -2.51. The molecule has 1 heterocycles. The zero-order valence-corrected chi connectivity index (χ0v) is 19.5. The van der Waals surface area contributed by atoms with Gasteiger partial charge < -0.3 is 9.47 Å². The fourth-order valence-corrected chi connectivity index (χ4v) is 4.59. The molecule has 30 heavy (non-hydrogen) atoms. The number of nitriles is 1. The molecular weight excluding hydrogens is 515 g/mol. The van der Waals surface area contributed by atoms with Gasteiger partial charge in [0.1, 0.15) is 6.61 Å². The molecule has 0 spiro atoms. The van der Waals surface area contributed by atoms with Gasteiger partial charge in [-0.1, -0.05) is 18.2 Å². The summed E-state index contributed by atoms with van der Waals surface area (Å²) in [5, 5.41) is 9.00. The van der Waals surface area contributed by atoms with E-state index in [1.165, 1.54) is 4.90 Å². The molecule has 2 aromatic rings. The largest absolute Gasteiger partial charge is 0.490 e. The van der Waals surface area contributed by atoms with E-state index < -0.39 is 0 Å². The van der Waals surface area contributed by atoms with Crippen molar-refractivity contribution in [2.45, 2.75) is 20.5 Å². The molecule has 3 rings (SSSR count). The van der Waals surface area contributed by atoms with Crippen LogP contribution in [0.15, 0.2) is 41.3 Å². The van der Waals surface area contributed by atoms with Crippen molar-refractivity contribution in [1.29, 1.82) is 5.26 Å². The van der Waals surface area contributed by atoms with E-state index in [-0.39, 0.29) is 17.8 Å². The van der Waals surface area contributed by atoms with E-state index in [1.54, 1.807) is 25.1 Å². The van der Waals surface area contributed by atoms with Crippen molar-refractivity contribution in [2.75, 3.05) is 13.2 Å².